The lowest BCUT2D eigenvalue weighted by Crippen LogP contribution is -2.49. The second kappa shape index (κ2) is 14.4. The standard InChI is InChI=1S/C36H48FNO6/c1-34(2,3)44-33(41)38(8)29(23-36(6,7)37)31(39)43-30(32(40)42-24-26-12-10-9-11-13-26)22-25-14-16-27(17-15-25)28-18-20-35(4,5)21-19-28/h9-18,29-30H,19-24H2,1-8H3/t29-,30+/m0/s1. The molecule has 0 fully saturated rings. The Labute approximate surface area is 261 Å². The van der Waals surface area contributed by atoms with Gasteiger partial charge in [-0.15, -0.1) is 0 Å². The van der Waals surface area contributed by atoms with Crippen LogP contribution in [0.25, 0.3) is 5.57 Å². The maximum absolute atomic E-state index is 14.9. The molecule has 7 nitrogen and oxygen atoms in total. The van der Waals surface area contributed by atoms with E-state index in [0.717, 1.165) is 40.9 Å². The van der Waals surface area contributed by atoms with Gasteiger partial charge in [-0.1, -0.05) is 74.5 Å². The number of alkyl halides is 1. The van der Waals surface area contributed by atoms with Crippen molar-refractivity contribution in [1.29, 1.82) is 0 Å². The quantitative estimate of drug-likeness (QED) is 0.191. The summed E-state index contributed by atoms with van der Waals surface area (Å²) >= 11 is 0. The lowest BCUT2D eigenvalue weighted by molar-refractivity contribution is -0.172. The van der Waals surface area contributed by atoms with Gasteiger partial charge in [0, 0.05) is 19.9 Å². The van der Waals surface area contributed by atoms with Gasteiger partial charge in [0.05, 0.1) is 0 Å². The smallest absolute Gasteiger partial charge is 0.410 e. The highest BCUT2D eigenvalue weighted by atomic mass is 19.1. The second-order valence-electron chi connectivity index (χ2n) is 14.0. The number of carbonyl (C=O) groups excluding carboxylic acids is 3. The van der Waals surface area contributed by atoms with Crippen LogP contribution < -0.4 is 0 Å². The number of allylic oxidation sites excluding steroid dienone is 2. The predicted octanol–water partition coefficient (Wildman–Crippen LogP) is 7.85. The Morgan fingerprint density at radius 1 is 0.932 bits per heavy atom. The molecule has 44 heavy (non-hydrogen) atoms. The lowest BCUT2D eigenvalue weighted by Gasteiger charge is -2.32. The van der Waals surface area contributed by atoms with Crippen LogP contribution in [0.3, 0.4) is 0 Å². The Balaban J connectivity index is 1.83. The molecule has 1 aliphatic carbocycles. The number of carbonyl (C=O) groups is 3. The van der Waals surface area contributed by atoms with Crippen molar-refractivity contribution < 1.29 is 33.0 Å². The van der Waals surface area contributed by atoms with E-state index in [1.54, 1.807) is 20.8 Å². The highest BCUT2D eigenvalue weighted by Gasteiger charge is 2.38. The molecule has 3 rings (SSSR count). The summed E-state index contributed by atoms with van der Waals surface area (Å²) in [4.78, 5) is 40.8. The molecule has 2 aromatic carbocycles. The average Bonchev–Trinajstić information content (AvgIpc) is 2.93. The number of likely N-dealkylation sites (N-methyl/N-ethyl adjacent to an activating group) is 1. The van der Waals surface area contributed by atoms with E-state index in [1.807, 2.05) is 54.6 Å². The summed E-state index contributed by atoms with van der Waals surface area (Å²) in [7, 11) is 1.36. The number of esters is 2. The highest BCUT2D eigenvalue weighted by molar-refractivity contribution is 5.85. The molecule has 240 valence electrons. The van der Waals surface area contributed by atoms with Crippen LogP contribution in [0.15, 0.2) is 60.7 Å². The first kappa shape index (κ1) is 34.8. The molecule has 0 spiro atoms. The van der Waals surface area contributed by atoms with Crippen molar-refractivity contribution in [3.8, 4) is 0 Å². The van der Waals surface area contributed by atoms with Crippen molar-refractivity contribution in [1.82, 2.24) is 4.90 Å². The van der Waals surface area contributed by atoms with Gasteiger partial charge in [0.1, 0.15) is 23.9 Å². The maximum atomic E-state index is 14.9. The summed E-state index contributed by atoms with van der Waals surface area (Å²) in [6.07, 6.45) is 2.99. The average molecular weight is 610 g/mol. The van der Waals surface area contributed by atoms with Crippen LogP contribution in [-0.4, -0.2) is 53.4 Å². The van der Waals surface area contributed by atoms with E-state index in [4.69, 9.17) is 14.2 Å². The molecule has 0 saturated carbocycles. The van der Waals surface area contributed by atoms with Crippen LogP contribution in [0.2, 0.25) is 0 Å². The molecule has 2 atom stereocenters. The summed E-state index contributed by atoms with van der Waals surface area (Å²) in [6, 6.07) is 15.7. The van der Waals surface area contributed by atoms with Crippen LogP contribution in [0.5, 0.6) is 0 Å². The van der Waals surface area contributed by atoms with E-state index in [2.05, 4.69) is 19.9 Å². The third-order valence-electron chi connectivity index (χ3n) is 7.56. The fourth-order valence-electron chi connectivity index (χ4n) is 4.92. The Morgan fingerprint density at radius 3 is 2.11 bits per heavy atom. The fourth-order valence-corrected chi connectivity index (χ4v) is 4.92. The van der Waals surface area contributed by atoms with Gasteiger partial charge in [-0.2, -0.15) is 0 Å². The van der Waals surface area contributed by atoms with Gasteiger partial charge in [-0.05, 0) is 81.6 Å². The van der Waals surface area contributed by atoms with Gasteiger partial charge in [-0.3, -0.25) is 4.90 Å². The van der Waals surface area contributed by atoms with Crippen molar-refractivity contribution in [2.45, 2.75) is 111 Å². The minimum Gasteiger partial charge on any atom is -0.458 e. The van der Waals surface area contributed by atoms with Crippen LogP contribution in [0, 0.1) is 5.41 Å². The van der Waals surface area contributed by atoms with E-state index >= 15 is 0 Å². The molecule has 2 aromatic rings. The molecular weight excluding hydrogens is 561 g/mol. The molecule has 0 saturated heterocycles. The number of hydrogen-bond donors (Lipinski definition) is 0. The molecule has 0 heterocycles. The van der Waals surface area contributed by atoms with Gasteiger partial charge < -0.3 is 14.2 Å². The zero-order valence-electron chi connectivity index (χ0n) is 27.4. The first-order chi connectivity index (χ1) is 20.4. The van der Waals surface area contributed by atoms with E-state index in [1.165, 1.54) is 26.5 Å². The number of amides is 1. The minimum atomic E-state index is -1.82. The summed E-state index contributed by atoms with van der Waals surface area (Å²) in [6.45, 7) is 12.2. The van der Waals surface area contributed by atoms with Crippen molar-refractivity contribution in [3.05, 3.63) is 77.4 Å². The van der Waals surface area contributed by atoms with Gasteiger partial charge in [0.15, 0.2) is 0 Å². The Morgan fingerprint density at radius 2 is 1.57 bits per heavy atom. The van der Waals surface area contributed by atoms with E-state index in [9.17, 15) is 18.8 Å². The predicted molar refractivity (Wildman–Crippen MR) is 169 cm³/mol. The number of ether oxygens (including phenoxy) is 3. The normalized spacial score (nSPS) is 16.2. The summed E-state index contributed by atoms with van der Waals surface area (Å²) < 4.78 is 31.6. The Kier molecular flexibility index (Phi) is 11.4. The fraction of sp³-hybridized carbons (Fsp3) is 0.528. The van der Waals surface area contributed by atoms with Crippen LogP contribution in [0.1, 0.15) is 90.8 Å². The Bertz CT molecular complexity index is 1300. The van der Waals surface area contributed by atoms with E-state index < -0.39 is 41.4 Å². The van der Waals surface area contributed by atoms with E-state index in [0.29, 0.717) is 5.41 Å². The molecule has 0 N–H and O–H groups in total. The number of rotatable bonds is 11. The third kappa shape index (κ3) is 11.1. The molecular formula is C36H48FNO6. The number of hydrogen-bond acceptors (Lipinski definition) is 6. The molecule has 0 unspecified atom stereocenters. The maximum Gasteiger partial charge on any atom is 0.410 e. The molecule has 1 amide bonds. The largest absolute Gasteiger partial charge is 0.458 e. The number of nitrogens with zero attached hydrogens (tertiary/aromatic N) is 1. The number of benzene rings is 2. The second-order valence-corrected chi connectivity index (χ2v) is 14.0. The SMILES string of the molecule is CN(C(=O)OC(C)(C)C)[C@@H](CC(C)(C)F)C(=O)O[C@H](Cc1ccc(C2=CCC(C)(C)CC2)cc1)C(=O)OCc1ccccc1. The van der Waals surface area contributed by atoms with Gasteiger partial charge in [0.2, 0.25) is 6.10 Å². The topological polar surface area (TPSA) is 82.1 Å². The number of halogens is 1. The van der Waals surface area contributed by atoms with Gasteiger partial charge >= 0.3 is 18.0 Å². The van der Waals surface area contributed by atoms with Gasteiger partial charge in [-0.25, -0.2) is 18.8 Å². The molecule has 0 radical (unpaired) electrons. The van der Waals surface area contributed by atoms with Crippen molar-refractivity contribution in [3.63, 3.8) is 0 Å². The summed E-state index contributed by atoms with van der Waals surface area (Å²) in [5.74, 6) is -1.65. The monoisotopic (exact) mass is 609 g/mol. The third-order valence-corrected chi connectivity index (χ3v) is 7.56. The zero-order valence-corrected chi connectivity index (χ0v) is 27.4. The molecule has 0 aliphatic heterocycles. The summed E-state index contributed by atoms with van der Waals surface area (Å²) in [5.41, 5.74) is 1.61. The molecule has 0 aromatic heterocycles. The van der Waals surface area contributed by atoms with Crippen molar-refractivity contribution in [2.75, 3.05) is 7.05 Å². The molecule has 1 aliphatic rings. The van der Waals surface area contributed by atoms with Crippen molar-refractivity contribution in [2.24, 2.45) is 5.41 Å². The van der Waals surface area contributed by atoms with Crippen LogP contribution in [-0.2, 0) is 36.8 Å². The minimum absolute atomic E-state index is 0.00405. The highest BCUT2D eigenvalue weighted by Crippen LogP contribution is 2.38. The van der Waals surface area contributed by atoms with Crippen molar-refractivity contribution >= 4 is 23.6 Å². The first-order valence-corrected chi connectivity index (χ1v) is 15.3. The van der Waals surface area contributed by atoms with Crippen LogP contribution in [0.4, 0.5) is 9.18 Å². The van der Waals surface area contributed by atoms with Gasteiger partial charge in [0.25, 0.3) is 0 Å². The molecule has 8 heteroatoms. The first-order valence-electron chi connectivity index (χ1n) is 15.3. The van der Waals surface area contributed by atoms with Crippen LogP contribution >= 0.6 is 0 Å². The zero-order chi connectivity index (χ0) is 32.7. The summed E-state index contributed by atoms with van der Waals surface area (Å²) in [5, 5.41) is 0. The lowest BCUT2D eigenvalue weighted by atomic mass is 9.77. The molecule has 0 bridgehead atoms. The van der Waals surface area contributed by atoms with E-state index in [-0.39, 0.29) is 19.4 Å². The Hall–Kier alpha value is -3.68.